The highest BCUT2D eigenvalue weighted by molar-refractivity contribution is 6.29. The Morgan fingerprint density at radius 3 is 2.44 bits per heavy atom. The summed E-state index contributed by atoms with van der Waals surface area (Å²) in [6, 6.07) is 7.33. The summed E-state index contributed by atoms with van der Waals surface area (Å²) < 4.78 is 10.4. The molecular weight excluding hydrogens is 228 g/mol. The Balaban J connectivity index is 2.43. The first kappa shape index (κ1) is 10.8. The van der Waals surface area contributed by atoms with Crippen LogP contribution in [0.1, 0.15) is 0 Å². The second-order valence-corrected chi connectivity index (χ2v) is 3.58. The fraction of sp³-hybridized carbons (Fsp3) is 0.182. The predicted octanol–water partition coefficient (Wildman–Crippen LogP) is 2.75. The van der Waals surface area contributed by atoms with Crippen LogP contribution in [0.3, 0.4) is 0 Å². The zero-order valence-electron chi connectivity index (χ0n) is 8.95. The van der Waals surface area contributed by atoms with Gasteiger partial charge in [-0.05, 0) is 18.2 Å². The molecule has 0 bridgehead atoms. The summed E-state index contributed by atoms with van der Waals surface area (Å²) in [4.78, 5) is 0. The fourth-order valence-electron chi connectivity index (χ4n) is 1.44. The third-order valence-corrected chi connectivity index (χ3v) is 2.42. The first-order valence-electron chi connectivity index (χ1n) is 4.68. The second-order valence-electron chi connectivity index (χ2n) is 3.17. The number of rotatable bonds is 3. The van der Waals surface area contributed by atoms with Crippen molar-refractivity contribution in [3.05, 3.63) is 29.4 Å². The molecule has 1 heterocycles. The number of benzene rings is 1. The van der Waals surface area contributed by atoms with Gasteiger partial charge < -0.3 is 9.47 Å². The van der Waals surface area contributed by atoms with Crippen molar-refractivity contribution in [1.82, 2.24) is 10.2 Å². The van der Waals surface area contributed by atoms with Crippen LogP contribution < -0.4 is 9.47 Å². The summed E-state index contributed by atoms with van der Waals surface area (Å²) in [7, 11) is 3.20. The van der Waals surface area contributed by atoms with Crippen LogP contribution in [0.15, 0.2) is 24.3 Å². The second kappa shape index (κ2) is 4.45. The zero-order valence-corrected chi connectivity index (χ0v) is 9.71. The summed E-state index contributed by atoms with van der Waals surface area (Å²) in [5.41, 5.74) is 1.69. The van der Waals surface area contributed by atoms with E-state index in [1.165, 1.54) is 0 Å². The highest BCUT2D eigenvalue weighted by atomic mass is 35.5. The first-order valence-corrected chi connectivity index (χ1v) is 5.05. The van der Waals surface area contributed by atoms with Crippen molar-refractivity contribution in [3.63, 3.8) is 0 Å². The van der Waals surface area contributed by atoms with Gasteiger partial charge in [-0.2, -0.15) is 5.10 Å². The summed E-state index contributed by atoms with van der Waals surface area (Å²) >= 11 is 5.77. The third kappa shape index (κ3) is 1.97. The number of hydrogen-bond donors (Lipinski definition) is 1. The normalized spacial score (nSPS) is 10.2. The molecule has 0 atom stereocenters. The first-order chi connectivity index (χ1) is 7.74. The van der Waals surface area contributed by atoms with Crippen LogP contribution in [0, 0.1) is 0 Å². The molecule has 0 amide bonds. The molecule has 1 aromatic heterocycles. The Morgan fingerprint density at radius 2 is 1.88 bits per heavy atom. The molecule has 84 valence electrons. The molecular formula is C11H11ClN2O2. The van der Waals surface area contributed by atoms with Gasteiger partial charge in [-0.3, -0.25) is 5.10 Å². The van der Waals surface area contributed by atoms with Crippen molar-refractivity contribution in [1.29, 1.82) is 0 Å². The summed E-state index contributed by atoms with van der Waals surface area (Å²) in [5, 5.41) is 7.24. The SMILES string of the molecule is COc1ccc(-c2cc(Cl)[nH]n2)cc1OC. The number of halogens is 1. The number of aromatic nitrogens is 2. The van der Waals surface area contributed by atoms with Gasteiger partial charge >= 0.3 is 0 Å². The minimum Gasteiger partial charge on any atom is -0.493 e. The van der Waals surface area contributed by atoms with Crippen molar-refractivity contribution >= 4 is 11.6 Å². The number of ether oxygens (including phenoxy) is 2. The van der Waals surface area contributed by atoms with Crippen molar-refractivity contribution in [3.8, 4) is 22.8 Å². The monoisotopic (exact) mass is 238 g/mol. The molecule has 4 nitrogen and oxygen atoms in total. The summed E-state index contributed by atoms with van der Waals surface area (Å²) in [5.74, 6) is 1.35. The number of nitrogens with zero attached hydrogens (tertiary/aromatic N) is 1. The topological polar surface area (TPSA) is 47.1 Å². The number of H-pyrrole nitrogens is 1. The lowest BCUT2D eigenvalue weighted by Gasteiger charge is -2.08. The zero-order chi connectivity index (χ0) is 11.5. The maximum atomic E-state index is 5.77. The third-order valence-electron chi connectivity index (χ3n) is 2.23. The van der Waals surface area contributed by atoms with Gasteiger partial charge in [0.25, 0.3) is 0 Å². The van der Waals surface area contributed by atoms with Gasteiger partial charge in [-0.1, -0.05) is 11.6 Å². The molecule has 0 fully saturated rings. The van der Waals surface area contributed by atoms with E-state index in [2.05, 4.69) is 10.2 Å². The van der Waals surface area contributed by atoms with Gasteiger partial charge in [0.1, 0.15) is 5.15 Å². The lowest BCUT2D eigenvalue weighted by atomic mass is 10.1. The van der Waals surface area contributed by atoms with Gasteiger partial charge in [0.2, 0.25) is 0 Å². The van der Waals surface area contributed by atoms with Crippen LogP contribution in [-0.4, -0.2) is 24.4 Å². The lowest BCUT2D eigenvalue weighted by molar-refractivity contribution is 0.355. The smallest absolute Gasteiger partial charge is 0.161 e. The van der Waals surface area contributed by atoms with Crippen LogP contribution in [0.5, 0.6) is 11.5 Å². The molecule has 2 rings (SSSR count). The summed E-state index contributed by atoms with van der Waals surface area (Å²) in [6.07, 6.45) is 0. The minimum absolute atomic E-state index is 0.504. The standard InChI is InChI=1S/C11H11ClN2O2/c1-15-9-4-3-7(5-10(9)16-2)8-6-11(12)14-13-8/h3-6H,1-2H3,(H,13,14). The van der Waals surface area contributed by atoms with E-state index in [0.29, 0.717) is 16.7 Å². The Hall–Kier alpha value is -1.68. The molecule has 0 saturated heterocycles. The Kier molecular flexibility index (Phi) is 3.01. The van der Waals surface area contributed by atoms with Gasteiger partial charge in [-0.15, -0.1) is 0 Å². The molecule has 16 heavy (non-hydrogen) atoms. The van der Waals surface area contributed by atoms with E-state index in [-0.39, 0.29) is 0 Å². The van der Waals surface area contributed by atoms with Crippen LogP contribution in [0.4, 0.5) is 0 Å². The Labute approximate surface area is 98.1 Å². The van der Waals surface area contributed by atoms with Crippen molar-refractivity contribution in [2.75, 3.05) is 14.2 Å². The molecule has 0 aliphatic rings. The highest BCUT2D eigenvalue weighted by Crippen LogP contribution is 2.31. The summed E-state index contributed by atoms with van der Waals surface area (Å²) in [6.45, 7) is 0. The van der Waals surface area contributed by atoms with Crippen LogP contribution in [0.2, 0.25) is 5.15 Å². The van der Waals surface area contributed by atoms with Crippen molar-refractivity contribution in [2.24, 2.45) is 0 Å². The number of methoxy groups -OCH3 is 2. The lowest BCUT2D eigenvalue weighted by Crippen LogP contribution is -1.90. The van der Waals surface area contributed by atoms with E-state index in [9.17, 15) is 0 Å². The molecule has 5 heteroatoms. The maximum absolute atomic E-state index is 5.77. The average molecular weight is 239 g/mol. The number of nitrogens with one attached hydrogen (secondary N) is 1. The van der Waals surface area contributed by atoms with Gasteiger partial charge in [0.15, 0.2) is 11.5 Å². The maximum Gasteiger partial charge on any atom is 0.161 e. The number of aromatic amines is 1. The molecule has 1 aromatic carbocycles. The largest absolute Gasteiger partial charge is 0.493 e. The van der Waals surface area contributed by atoms with E-state index in [0.717, 1.165) is 11.3 Å². The molecule has 1 N–H and O–H groups in total. The van der Waals surface area contributed by atoms with Gasteiger partial charge in [0.05, 0.1) is 19.9 Å². The number of hydrogen-bond acceptors (Lipinski definition) is 3. The molecule has 0 saturated carbocycles. The van der Waals surface area contributed by atoms with Crippen molar-refractivity contribution < 1.29 is 9.47 Å². The molecule has 0 spiro atoms. The minimum atomic E-state index is 0.504. The van der Waals surface area contributed by atoms with Crippen molar-refractivity contribution in [2.45, 2.75) is 0 Å². The quantitative estimate of drug-likeness (QED) is 0.895. The van der Waals surface area contributed by atoms with E-state index in [4.69, 9.17) is 21.1 Å². The Morgan fingerprint density at radius 1 is 1.12 bits per heavy atom. The van der Waals surface area contributed by atoms with Gasteiger partial charge in [0, 0.05) is 11.6 Å². The Bertz CT molecular complexity index is 496. The van der Waals surface area contributed by atoms with Gasteiger partial charge in [-0.25, -0.2) is 0 Å². The molecule has 0 unspecified atom stereocenters. The fourth-order valence-corrected chi connectivity index (χ4v) is 1.59. The van der Waals surface area contributed by atoms with Crippen LogP contribution in [0.25, 0.3) is 11.3 Å². The average Bonchev–Trinajstić information content (AvgIpc) is 2.75. The molecule has 0 aliphatic carbocycles. The van der Waals surface area contributed by atoms with E-state index in [1.807, 2.05) is 18.2 Å². The van der Waals surface area contributed by atoms with Crippen LogP contribution in [-0.2, 0) is 0 Å². The van der Waals surface area contributed by atoms with E-state index >= 15 is 0 Å². The molecule has 0 aliphatic heterocycles. The highest BCUT2D eigenvalue weighted by Gasteiger charge is 2.08. The molecule has 2 aromatic rings. The predicted molar refractivity (Wildman–Crippen MR) is 62.1 cm³/mol. The van der Waals surface area contributed by atoms with Crippen LogP contribution >= 0.6 is 11.6 Å². The molecule has 0 radical (unpaired) electrons. The van der Waals surface area contributed by atoms with E-state index in [1.54, 1.807) is 20.3 Å². The van der Waals surface area contributed by atoms with E-state index < -0.39 is 0 Å².